The van der Waals surface area contributed by atoms with Gasteiger partial charge in [-0.15, -0.1) is 0 Å². The lowest BCUT2D eigenvalue weighted by atomic mass is 9.90. The largest absolute Gasteiger partial charge is 0.508 e. The second kappa shape index (κ2) is 13.9. The Hall–Kier alpha value is -7.44. The molecule has 9 aromatic rings. The molecule has 0 aliphatic rings. The number of imidazole rings is 2. The van der Waals surface area contributed by atoms with Crippen LogP contribution in [0.15, 0.2) is 182 Å². The van der Waals surface area contributed by atoms with Crippen molar-refractivity contribution >= 4 is 0 Å². The molecule has 0 fully saturated rings. The van der Waals surface area contributed by atoms with Crippen molar-refractivity contribution in [1.82, 2.24) is 19.9 Å². The standard InChI is InChI=1S/C48H34N4O2/c53-37-25-21-31(22-26-37)39-30-42(48-51-45(35-17-9-3-10-18-35)46(52-48)36-19-11-4-12-20-36)40(32-23-27-38(54)28-24-32)29-41(39)47-49-43(33-13-5-1-6-14-33)44(50-47)34-15-7-2-8-16-34/h1-30,53-54H,(H,49,50)(H,51,52). The van der Waals surface area contributed by atoms with E-state index in [-0.39, 0.29) is 11.5 Å². The van der Waals surface area contributed by atoms with Crippen LogP contribution in [0.3, 0.4) is 0 Å². The summed E-state index contributed by atoms with van der Waals surface area (Å²) in [6.45, 7) is 0. The Morgan fingerprint density at radius 2 is 0.630 bits per heavy atom. The Bertz CT molecular complexity index is 2380. The number of rotatable bonds is 8. The van der Waals surface area contributed by atoms with E-state index in [2.05, 4.69) is 70.6 Å². The maximum atomic E-state index is 10.3. The van der Waals surface area contributed by atoms with Crippen LogP contribution in [-0.2, 0) is 0 Å². The summed E-state index contributed by atoms with van der Waals surface area (Å²) >= 11 is 0. The number of hydrogen-bond acceptors (Lipinski definition) is 4. The van der Waals surface area contributed by atoms with Gasteiger partial charge >= 0.3 is 0 Å². The lowest BCUT2D eigenvalue weighted by Gasteiger charge is -2.16. The average Bonchev–Trinajstić information content (AvgIpc) is 3.89. The lowest BCUT2D eigenvalue weighted by molar-refractivity contribution is 0.475. The Labute approximate surface area is 312 Å². The van der Waals surface area contributed by atoms with Gasteiger partial charge in [-0.05, 0) is 58.7 Å². The molecule has 0 aliphatic heterocycles. The van der Waals surface area contributed by atoms with Gasteiger partial charge < -0.3 is 20.2 Å². The number of nitrogens with zero attached hydrogens (tertiary/aromatic N) is 2. The molecule has 6 nitrogen and oxygen atoms in total. The summed E-state index contributed by atoms with van der Waals surface area (Å²) < 4.78 is 0. The molecular weight excluding hydrogens is 665 g/mol. The van der Waals surface area contributed by atoms with Gasteiger partial charge in [0.15, 0.2) is 0 Å². The fourth-order valence-corrected chi connectivity index (χ4v) is 6.99. The van der Waals surface area contributed by atoms with Gasteiger partial charge in [0, 0.05) is 33.4 Å². The fraction of sp³-hybridized carbons (Fsp3) is 0. The summed E-state index contributed by atoms with van der Waals surface area (Å²) in [4.78, 5) is 18.1. The third-order valence-electron chi connectivity index (χ3n) is 9.65. The first-order valence-corrected chi connectivity index (χ1v) is 17.8. The van der Waals surface area contributed by atoms with E-state index in [4.69, 9.17) is 9.97 Å². The molecule has 0 amide bonds. The maximum Gasteiger partial charge on any atom is 0.139 e. The van der Waals surface area contributed by atoms with Crippen LogP contribution >= 0.6 is 0 Å². The Morgan fingerprint density at radius 3 is 0.963 bits per heavy atom. The highest BCUT2D eigenvalue weighted by Gasteiger charge is 2.24. The van der Waals surface area contributed by atoms with Crippen LogP contribution in [0.4, 0.5) is 0 Å². The van der Waals surface area contributed by atoms with Crippen molar-refractivity contribution in [2.75, 3.05) is 0 Å². The van der Waals surface area contributed by atoms with E-state index in [1.807, 2.05) is 97.1 Å². The molecule has 4 N–H and O–H groups in total. The number of nitrogens with one attached hydrogen (secondary N) is 2. The molecule has 0 aliphatic carbocycles. The van der Waals surface area contributed by atoms with Crippen LogP contribution in [0.25, 0.3) is 90.1 Å². The topological polar surface area (TPSA) is 97.8 Å². The molecule has 6 heteroatoms. The van der Waals surface area contributed by atoms with E-state index >= 15 is 0 Å². The number of hydrogen-bond donors (Lipinski definition) is 4. The minimum atomic E-state index is 0.183. The predicted octanol–water partition coefficient (Wildman–Crippen LogP) is 11.9. The van der Waals surface area contributed by atoms with Crippen molar-refractivity contribution in [3.8, 4) is 102 Å². The molecule has 2 aromatic heterocycles. The number of aromatic amines is 2. The van der Waals surface area contributed by atoms with Crippen molar-refractivity contribution in [3.05, 3.63) is 182 Å². The second-order valence-corrected chi connectivity index (χ2v) is 13.1. The number of aromatic nitrogens is 4. The zero-order chi connectivity index (χ0) is 36.4. The molecule has 7 aromatic carbocycles. The first-order chi connectivity index (χ1) is 26.6. The van der Waals surface area contributed by atoms with Crippen molar-refractivity contribution in [2.45, 2.75) is 0 Å². The molecule has 0 saturated carbocycles. The molecule has 0 bridgehead atoms. The Balaban J connectivity index is 1.34. The number of H-pyrrole nitrogens is 2. The third kappa shape index (κ3) is 6.22. The highest BCUT2D eigenvalue weighted by atomic mass is 16.3. The maximum absolute atomic E-state index is 10.3. The summed E-state index contributed by atoms with van der Waals surface area (Å²) in [5, 5.41) is 20.7. The van der Waals surface area contributed by atoms with Crippen LogP contribution in [0.2, 0.25) is 0 Å². The molecule has 0 spiro atoms. The van der Waals surface area contributed by atoms with Crippen molar-refractivity contribution < 1.29 is 10.2 Å². The lowest BCUT2D eigenvalue weighted by Crippen LogP contribution is -1.95. The van der Waals surface area contributed by atoms with E-state index in [0.29, 0.717) is 11.6 Å². The number of phenolic OH excluding ortho intramolecular Hbond substituents is 2. The van der Waals surface area contributed by atoms with E-state index in [9.17, 15) is 10.2 Å². The smallest absolute Gasteiger partial charge is 0.139 e. The minimum Gasteiger partial charge on any atom is -0.508 e. The summed E-state index contributed by atoms with van der Waals surface area (Å²) in [6.07, 6.45) is 0. The summed E-state index contributed by atoms with van der Waals surface area (Å²) in [7, 11) is 0. The van der Waals surface area contributed by atoms with Crippen LogP contribution in [0.5, 0.6) is 11.5 Å². The van der Waals surface area contributed by atoms with E-state index in [0.717, 1.165) is 78.4 Å². The zero-order valence-electron chi connectivity index (χ0n) is 29.1. The summed E-state index contributed by atoms with van der Waals surface area (Å²) in [5.74, 6) is 1.75. The predicted molar refractivity (Wildman–Crippen MR) is 218 cm³/mol. The quantitative estimate of drug-likeness (QED) is 0.127. The van der Waals surface area contributed by atoms with Gasteiger partial charge in [0.25, 0.3) is 0 Å². The molecule has 54 heavy (non-hydrogen) atoms. The van der Waals surface area contributed by atoms with Crippen LogP contribution < -0.4 is 0 Å². The van der Waals surface area contributed by atoms with Gasteiger partial charge in [-0.2, -0.15) is 0 Å². The molecular formula is C48H34N4O2. The van der Waals surface area contributed by atoms with Gasteiger partial charge in [0.1, 0.15) is 23.1 Å². The van der Waals surface area contributed by atoms with Gasteiger partial charge in [-0.3, -0.25) is 0 Å². The molecule has 258 valence electrons. The first kappa shape index (κ1) is 32.5. The van der Waals surface area contributed by atoms with Crippen LogP contribution in [0, 0.1) is 0 Å². The molecule has 9 rings (SSSR count). The highest BCUT2D eigenvalue weighted by molar-refractivity contribution is 5.95. The highest BCUT2D eigenvalue weighted by Crippen LogP contribution is 2.44. The van der Waals surface area contributed by atoms with Crippen molar-refractivity contribution in [2.24, 2.45) is 0 Å². The monoisotopic (exact) mass is 698 g/mol. The molecule has 0 saturated heterocycles. The van der Waals surface area contributed by atoms with Gasteiger partial charge in [-0.1, -0.05) is 146 Å². The summed E-state index contributed by atoms with van der Waals surface area (Å²) in [5.41, 5.74) is 12.9. The van der Waals surface area contributed by atoms with Gasteiger partial charge in [-0.25, -0.2) is 9.97 Å². The number of phenols is 2. The second-order valence-electron chi connectivity index (χ2n) is 13.1. The molecule has 0 unspecified atom stereocenters. The Kier molecular flexibility index (Phi) is 8.38. The van der Waals surface area contributed by atoms with E-state index in [1.165, 1.54) is 0 Å². The van der Waals surface area contributed by atoms with Gasteiger partial charge in [0.05, 0.1) is 22.8 Å². The van der Waals surface area contributed by atoms with Crippen LogP contribution in [-0.4, -0.2) is 30.1 Å². The molecule has 2 heterocycles. The van der Waals surface area contributed by atoms with Crippen molar-refractivity contribution in [1.29, 1.82) is 0 Å². The van der Waals surface area contributed by atoms with E-state index < -0.39 is 0 Å². The fourth-order valence-electron chi connectivity index (χ4n) is 6.99. The zero-order valence-corrected chi connectivity index (χ0v) is 29.1. The Morgan fingerprint density at radius 1 is 0.315 bits per heavy atom. The van der Waals surface area contributed by atoms with Crippen LogP contribution in [0.1, 0.15) is 0 Å². The SMILES string of the molecule is Oc1ccc(-c2cc(-c3nc(-c4ccccc4)c(-c4ccccc4)[nH]3)c(-c3ccc(O)cc3)cc2-c2nc(-c3ccccc3)c(-c3ccccc3)[nH]2)cc1. The molecule has 0 atom stereocenters. The van der Waals surface area contributed by atoms with Crippen molar-refractivity contribution in [3.63, 3.8) is 0 Å². The number of aromatic hydroxyl groups is 2. The third-order valence-corrected chi connectivity index (χ3v) is 9.65. The molecule has 0 radical (unpaired) electrons. The average molecular weight is 699 g/mol. The summed E-state index contributed by atoms with van der Waals surface area (Å²) in [6, 6.07) is 59.7. The first-order valence-electron chi connectivity index (χ1n) is 17.8. The number of benzene rings is 7. The minimum absolute atomic E-state index is 0.183. The van der Waals surface area contributed by atoms with E-state index in [1.54, 1.807) is 24.3 Å². The normalized spacial score (nSPS) is 11.1. The van der Waals surface area contributed by atoms with Gasteiger partial charge in [0.2, 0.25) is 0 Å².